The molecule has 0 aromatic heterocycles. The van der Waals surface area contributed by atoms with E-state index in [4.69, 9.17) is 4.74 Å². The zero-order valence-corrected chi connectivity index (χ0v) is 8.42. The Hall–Kier alpha value is -1.02. The molecule has 2 nitrogen and oxygen atoms in total. The fourth-order valence-corrected chi connectivity index (χ4v) is 2.93. The normalized spacial score (nSPS) is 28.6. The first-order chi connectivity index (χ1) is 6.90. The van der Waals surface area contributed by atoms with Gasteiger partial charge in [-0.1, -0.05) is 12.1 Å². The predicted octanol–water partition coefficient (Wildman–Crippen LogP) is 1.55. The van der Waals surface area contributed by atoms with Crippen LogP contribution in [0.4, 0.5) is 0 Å². The van der Waals surface area contributed by atoms with Gasteiger partial charge in [-0.25, -0.2) is 0 Å². The highest BCUT2D eigenvalue weighted by Crippen LogP contribution is 2.44. The summed E-state index contributed by atoms with van der Waals surface area (Å²) in [7, 11) is 1.77. The number of hydrogen-bond acceptors (Lipinski definition) is 2. The summed E-state index contributed by atoms with van der Waals surface area (Å²) in [6.07, 6.45) is 1.23. The Morgan fingerprint density at radius 1 is 1.36 bits per heavy atom. The molecule has 74 valence electrons. The molecule has 2 aliphatic rings. The van der Waals surface area contributed by atoms with Gasteiger partial charge in [0.05, 0.1) is 7.11 Å². The number of ether oxygens (including phenoxy) is 1. The molecule has 1 fully saturated rings. The summed E-state index contributed by atoms with van der Waals surface area (Å²) in [6, 6.07) is 6.43. The summed E-state index contributed by atoms with van der Waals surface area (Å²) in [5, 5.41) is 3.46. The average Bonchev–Trinajstić information content (AvgIpc) is 2.75. The van der Waals surface area contributed by atoms with E-state index in [2.05, 4.69) is 23.5 Å². The SMILES string of the molecule is COc1cccc2c1C1CNCC1C2. The first-order valence-corrected chi connectivity index (χ1v) is 5.26. The van der Waals surface area contributed by atoms with Crippen LogP contribution in [0, 0.1) is 5.92 Å². The third-order valence-electron chi connectivity index (χ3n) is 3.57. The minimum absolute atomic E-state index is 0.696. The molecule has 1 heterocycles. The molecular formula is C12H15NO. The van der Waals surface area contributed by atoms with Crippen LogP contribution in [0.5, 0.6) is 5.75 Å². The molecule has 14 heavy (non-hydrogen) atoms. The van der Waals surface area contributed by atoms with Gasteiger partial charge in [-0.15, -0.1) is 0 Å². The number of nitrogens with one attached hydrogen (secondary N) is 1. The molecule has 2 unspecified atom stereocenters. The Bertz CT molecular complexity index is 361. The van der Waals surface area contributed by atoms with Crippen molar-refractivity contribution >= 4 is 0 Å². The molecule has 0 bridgehead atoms. The molecule has 1 N–H and O–H groups in total. The molecule has 3 rings (SSSR count). The fourth-order valence-electron chi connectivity index (χ4n) is 2.93. The Morgan fingerprint density at radius 3 is 3.14 bits per heavy atom. The van der Waals surface area contributed by atoms with Gasteiger partial charge < -0.3 is 10.1 Å². The Labute approximate surface area is 84.3 Å². The number of rotatable bonds is 1. The lowest BCUT2D eigenvalue weighted by atomic mass is 9.96. The highest BCUT2D eigenvalue weighted by atomic mass is 16.5. The third kappa shape index (κ3) is 1.01. The summed E-state index contributed by atoms with van der Waals surface area (Å²) >= 11 is 0. The number of fused-ring (bicyclic) bond motifs is 3. The maximum atomic E-state index is 5.44. The van der Waals surface area contributed by atoms with Crippen LogP contribution in [0.15, 0.2) is 18.2 Å². The first-order valence-electron chi connectivity index (χ1n) is 5.26. The molecule has 0 saturated carbocycles. The molecule has 2 heteroatoms. The maximum Gasteiger partial charge on any atom is 0.122 e. The van der Waals surface area contributed by atoms with Crippen LogP contribution in [-0.2, 0) is 6.42 Å². The summed E-state index contributed by atoms with van der Waals surface area (Å²) < 4.78 is 5.44. The summed E-state index contributed by atoms with van der Waals surface area (Å²) in [5.74, 6) is 2.58. The molecule has 1 aromatic carbocycles. The monoisotopic (exact) mass is 189 g/mol. The lowest BCUT2D eigenvalue weighted by molar-refractivity contribution is 0.405. The van der Waals surface area contributed by atoms with Crippen LogP contribution < -0.4 is 10.1 Å². The highest BCUT2D eigenvalue weighted by molar-refractivity contribution is 5.47. The van der Waals surface area contributed by atoms with Gasteiger partial charge in [-0.05, 0) is 30.5 Å². The van der Waals surface area contributed by atoms with Gasteiger partial charge in [-0.2, -0.15) is 0 Å². The molecule has 0 spiro atoms. The largest absolute Gasteiger partial charge is 0.496 e. The van der Waals surface area contributed by atoms with Gasteiger partial charge in [0, 0.05) is 18.0 Å². The van der Waals surface area contributed by atoms with E-state index in [1.807, 2.05) is 0 Å². The summed E-state index contributed by atoms with van der Waals surface area (Å²) in [4.78, 5) is 0. The quantitative estimate of drug-likeness (QED) is 0.723. The van der Waals surface area contributed by atoms with Crippen LogP contribution >= 0.6 is 0 Å². The van der Waals surface area contributed by atoms with Crippen LogP contribution in [0.1, 0.15) is 17.0 Å². The zero-order valence-electron chi connectivity index (χ0n) is 8.42. The van der Waals surface area contributed by atoms with E-state index in [1.165, 1.54) is 24.1 Å². The van der Waals surface area contributed by atoms with Crippen molar-refractivity contribution in [3.8, 4) is 5.75 Å². The van der Waals surface area contributed by atoms with E-state index < -0.39 is 0 Å². The van der Waals surface area contributed by atoms with E-state index in [-0.39, 0.29) is 0 Å². The van der Waals surface area contributed by atoms with E-state index in [9.17, 15) is 0 Å². The van der Waals surface area contributed by atoms with Crippen LogP contribution in [0.3, 0.4) is 0 Å². The molecular weight excluding hydrogens is 174 g/mol. The molecule has 1 aliphatic heterocycles. The Balaban J connectivity index is 2.10. The van der Waals surface area contributed by atoms with E-state index in [1.54, 1.807) is 7.11 Å². The van der Waals surface area contributed by atoms with Crippen molar-refractivity contribution in [1.82, 2.24) is 5.32 Å². The average molecular weight is 189 g/mol. The molecule has 0 radical (unpaired) electrons. The number of benzene rings is 1. The predicted molar refractivity (Wildman–Crippen MR) is 55.8 cm³/mol. The van der Waals surface area contributed by atoms with Crippen molar-refractivity contribution < 1.29 is 4.74 Å². The van der Waals surface area contributed by atoms with Gasteiger partial charge in [-0.3, -0.25) is 0 Å². The molecule has 1 saturated heterocycles. The van der Waals surface area contributed by atoms with E-state index in [0.29, 0.717) is 5.92 Å². The van der Waals surface area contributed by atoms with Crippen molar-refractivity contribution in [3.05, 3.63) is 29.3 Å². The van der Waals surface area contributed by atoms with Crippen molar-refractivity contribution in [2.24, 2.45) is 5.92 Å². The van der Waals surface area contributed by atoms with Crippen LogP contribution in [0.2, 0.25) is 0 Å². The summed E-state index contributed by atoms with van der Waals surface area (Å²) in [6.45, 7) is 2.29. The second-order valence-electron chi connectivity index (χ2n) is 4.26. The molecule has 1 aromatic rings. The first kappa shape index (κ1) is 8.30. The highest BCUT2D eigenvalue weighted by Gasteiger charge is 2.37. The minimum Gasteiger partial charge on any atom is -0.496 e. The van der Waals surface area contributed by atoms with Crippen molar-refractivity contribution in [3.63, 3.8) is 0 Å². The third-order valence-corrected chi connectivity index (χ3v) is 3.57. The van der Waals surface area contributed by atoms with Gasteiger partial charge >= 0.3 is 0 Å². The fraction of sp³-hybridized carbons (Fsp3) is 0.500. The second kappa shape index (κ2) is 2.99. The van der Waals surface area contributed by atoms with Gasteiger partial charge in [0.15, 0.2) is 0 Å². The van der Waals surface area contributed by atoms with Crippen molar-refractivity contribution in [2.75, 3.05) is 20.2 Å². The lowest BCUT2D eigenvalue weighted by Crippen LogP contribution is -2.10. The van der Waals surface area contributed by atoms with Crippen LogP contribution in [0.25, 0.3) is 0 Å². The smallest absolute Gasteiger partial charge is 0.122 e. The number of hydrogen-bond donors (Lipinski definition) is 1. The molecule has 0 amide bonds. The molecule has 1 aliphatic carbocycles. The van der Waals surface area contributed by atoms with E-state index >= 15 is 0 Å². The second-order valence-corrected chi connectivity index (χ2v) is 4.26. The van der Waals surface area contributed by atoms with E-state index in [0.717, 1.165) is 18.2 Å². The van der Waals surface area contributed by atoms with Gasteiger partial charge in [0.1, 0.15) is 5.75 Å². The lowest BCUT2D eigenvalue weighted by Gasteiger charge is -2.12. The standard InChI is InChI=1S/C12H15NO/c1-14-11-4-2-3-8-5-9-6-13-7-10(9)12(8)11/h2-4,9-10,13H,5-7H2,1H3. The Kier molecular flexibility index (Phi) is 1.77. The minimum atomic E-state index is 0.696. The number of methoxy groups -OCH3 is 1. The van der Waals surface area contributed by atoms with Crippen molar-refractivity contribution in [1.29, 1.82) is 0 Å². The van der Waals surface area contributed by atoms with Crippen LogP contribution in [-0.4, -0.2) is 20.2 Å². The maximum absolute atomic E-state index is 5.44. The van der Waals surface area contributed by atoms with Gasteiger partial charge in [0.2, 0.25) is 0 Å². The molecule has 2 atom stereocenters. The zero-order chi connectivity index (χ0) is 9.54. The van der Waals surface area contributed by atoms with Gasteiger partial charge in [0.25, 0.3) is 0 Å². The van der Waals surface area contributed by atoms with Crippen molar-refractivity contribution in [2.45, 2.75) is 12.3 Å². The Morgan fingerprint density at radius 2 is 2.29 bits per heavy atom. The summed E-state index contributed by atoms with van der Waals surface area (Å²) in [5.41, 5.74) is 2.96. The topological polar surface area (TPSA) is 21.3 Å².